The molecule has 7 heteroatoms. The molecule has 1 heterocycles. The van der Waals surface area contributed by atoms with Crippen molar-refractivity contribution in [1.82, 2.24) is 16.0 Å². The minimum Gasteiger partial charge on any atom is -0.486 e. The molecule has 1 aromatic carbocycles. The first-order valence-corrected chi connectivity index (χ1v) is 8.51. The van der Waals surface area contributed by atoms with Crippen molar-refractivity contribution < 1.29 is 14.3 Å². The number of rotatable bonds is 5. The van der Waals surface area contributed by atoms with Crippen molar-refractivity contribution in [3.63, 3.8) is 0 Å². The molecule has 0 aliphatic carbocycles. The molecule has 0 saturated heterocycles. The summed E-state index contributed by atoms with van der Waals surface area (Å²) in [5.41, 5.74) is 0.909. The van der Waals surface area contributed by atoms with Gasteiger partial charge in [-0.25, -0.2) is 0 Å². The fraction of sp³-hybridized carbons (Fsp3) is 0.556. The summed E-state index contributed by atoms with van der Waals surface area (Å²) < 4.78 is 11.1. The number of carbonyl (C=O) groups excluding carboxylic acids is 1. The van der Waals surface area contributed by atoms with Crippen molar-refractivity contribution >= 4 is 11.9 Å². The van der Waals surface area contributed by atoms with Gasteiger partial charge in [0.25, 0.3) is 0 Å². The van der Waals surface area contributed by atoms with Crippen LogP contribution < -0.4 is 25.4 Å². The Balaban J connectivity index is 1.75. The Labute approximate surface area is 149 Å². The standard InChI is InChI=1S/C18H28N4O3/c1-18(2,3)22-16(23)12-21-17(19-4)20-8-7-13-5-6-14-15(11-13)25-10-9-24-14/h5-6,11H,7-10,12H2,1-4H3,(H,22,23)(H2,19,20,21). The zero-order valence-electron chi connectivity index (χ0n) is 15.4. The van der Waals surface area contributed by atoms with Crippen LogP contribution in [0.25, 0.3) is 0 Å². The van der Waals surface area contributed by atoms with E-state index in [4.69, 9.17) is 9.47 Å². The van der Waals surface area contributed by atoms with Gasteiger partial charge in [-0.3, -0.25) is 9.79 Å². The maximum atomic E-state index is 11.8. The van der Waals surface area contributed by atoms with E-state index in [-0.39, 0.29) is 18.0 Å². The van der Waals surface area contributed by atoms with E-state index in [1.807, 2.05) is 39.0 Å². The number of ether oxygens (including phenoxy) is 2. The molecular formula is C18H28N4O3. The molecule has 0 fully saturated rings. The first kappa shape index (κ1) is 18.9. The summed E-state index contributed by atoms with van der Waals surface area (Å²) in [5, 5.41) is 9.11. The summed E-state index contributed by atoms with van der Waals surface area (Å²) in [6, 6.07) is 5.97. The van der Waals surface area contributed by atoms with Crippen LogP contribution in [0.5, 0.6) is 11.5 Å². The molecule has 2 rings (SSSR count). The fourth-order valence-electron chi connectivity index (χ4n) is 2.42. The van der Waals surface area contributed by atoms with Crippen LogP contribution in [0.3, 0.4) is 0 Å². The Hall–Kier alpha value is -2.44. The Morgan fingerprint density at radius 2 is 1.88 bits per heavy atom. The van der Waals surface area contributed by atoms with Gasteiger partial charge in [-0.15, -0.1) is 0 Å². The molecule has 0 atom stereocenters. The summed E-state index contributed by atoms with van der Waals surface area (Å²) in [5.74, 6) is 2.12. The normalized spacial score (nSPS) is 14.0. The minimum absolute atomic E-state index is 0.0673. The zero-order chi connectivity index (χ0) is 18.3. The summed E-state index contributed by atoms with van der Waals surface area (Å²) in [4.78, 5) is 16.0. The lowest BCUT2D eigenvalue weighted by molar-refractivity contribution is -0.121. The molecule has 1 aliphatic heterocycles. The summed E-state index contributed by atoms with van der Waals surface area (Å²) >= 11 is 0. The third-order valence-electron chi connectivity index (χ3n) is 3.47. The molecule has 25 heavy (non-hydrogen) atoms. The van der Waals surface area contributed by atoms with Crippen LogP contribution in [-0.4, -0.2) is 50.8 Å². The molecular weight excluding hydrogens is 320 g/mol. The van der Waals surface area contributed by atoms with E-state index in [2.05, 4.69) is 20.9 Å². The van der Waals surface area contributed by atoms with Gasteiger partial charge < -0.3 is 25.4 Å². The van der Waals surface area contributed by atoms with E-state index in [1.165, 1.54) is 0 Å². The van der Waals surface area contributed by atoms with Gasteiger partial charge in [-0.1, -0.05) is 6.07 Å². The predicted molar refractivity (Wildman–Crippen MR) is 98.4 cm³/mol. The van der Waals surface area contributed by atoms with Crippen molar-refractivity contribution in [2.45, 2.75) is 32.7 Å². The van der Waals surface area contributed by atoms with Gasteiger partial charge in [0.15, 0.2) is 17.5 Å². The first-order chi connectivity index (χ1) is 11.9. The highest BCUT2D eigenvalue weighted by molar-refractivity contribution is 5.86. The molecule has 0 bridgehead atoms. The average Bonchev–Trinajstić information content (AvgIpc) is 2.56. The second-order valence-electron chi connectivity index (χ2n) is 6.88. The Morgan fingerprint density at radius 3 is 2.56 bits per heavy atom. The van der Waals surface area contributed by atoms with Crippen molar-refractivity contribution in [2.24, 2.45) is 4.99 Å². The molecule has 3 N–H and O–H groups in total. The lowest BCUT2D eigenvalue weighted by atomic mass is 10.1. The van der Waals surface area contributed by atoms with Gasteiger partial charge in [-0.05, 0) is 44.9 Å². The molecule has 0 radical (unpaired) electrons. The highest BCUT2D eigenvalue weighted by Gasteiger charge is 2.14. The number of carbonyl (C=O) groups is 1. The van der Waals surface area contributed by atoms with Crippen molar-refractivity contribution in [3.05, 3.63) is 23.8 Å². The maximum Gasteiger partial charge on any atom is 0.239 e. The van der Waals surface area contributed by atoms with Crippen LogP contribution in [0.15, 0.2) is 23.2 Å². The van der Waals surface area contributed by atoms with Crippen molar-refractivity contribution in [3.8, 4) is 11.5 Å². The van der Waals surface area contributed by atoms with Crippen LogP contribution in [0.4, 0.5) is 0 Å². The van der Waals surface area contributed by atoms with Gasteiger partial charge in [0.05, 0.1) is 6.54 Å². The number of nitrogens with one attached hydrogen (secondary N) is 3. The number of amides is 1. The zero-order valence-corrected chi connectivity index (χ0v) is 15.4. The third-order valence-corrected chi connectivity index (χ3v) is 3.47. The predicted octanol–water partition coefficient (Wildman–Crippen LogP) is 1.08. The molecule has 7 nitrogen and oxygen atoms in total. The second kappa shape index (κ2) is 8.60. The summed E-state index contributed by atoms with van der Waals surface area (Å²) in [6.07, 6.45) is 0.811. The third kappa shape index (κ3) is 6.52. The number of aliphatic imine (C=N–C) groups is 1. The second-order valence-corrected chi connectivity index (χ2v) is 6.88. The Bertz CT molecular complexity index is 623. The van der Waals surface area contributed by atoms with E-state index >= 15 is 0 Å². The van der Waals surface area contributed by atoms with Crippen LogP contribution in [0.2, 0.25) is 0 Å². The van der Waals surface area contributed by atoms with E-state index in [0.717, 1.165) is 23.5 Å². The van der Waals surface area contributed by atoms with E-state index in [9.17, 15) is 4.79 Å². The molecule has 138 valence electrons. The molecule has 1 amide bonds. The topological polar surface area (TPSA) is 84.0 Å². The number of benzene rings is 1. The Kier molecular flexibility index (Phi) is 6.50. The molecule has 0 saturated carbocycles. The van der Waals surface area contributed by atoms with Crippen LogP contribution >= 0.6 is 0 Å². The molecule has 0 spiro atoms. The van der Waals surface area contributed by atoms with Gasteiger partial charge in [0, 0.05) is 19.1 Å². The Morgan fingerprint density at radius 1 is 1.16 bits per heavy atom. The molecule has 0 aromatic heterocycles. The van der Waals surface area contributed by atoms with Crippen molar-refractivity contribution in [2.75, 3.05) is 33.4 Å². The SMILES string of the molecule is CN=C(NCCc1ccc2c(c1)OCCO2)NCC(=O)NC(C)(C)C. The van der Waals surface area contributed by atoms with E-state index in [0.29, 0.717) is 25.7 Å². The first-order valence-electron chi connectivity index (χ1n) is 8.51. The lowest BCUT2D eigenvalue weighted by Gasteiger charge is -2.21. The number of guanidine groups is 1. The minimum atomic E-state index is -0.242. The van der Waals surface area contributed by atoms with E-state index < -0.39 is 0 Å². The van der Waals surface area contributed by atoms with E-state index in [1.54, 1.807) is 7.05 Å². The number of nitrogens with zero attached hydrogens (tertiary/aromatic N) is 1. The van der Waals surface area contributed by atoms with Gasteiger partial charge in [0.1, 0.15) is 13.2 Å². The summed E-state index contributed by atoms with van der Waals surface area (Å²) in [7, 11) is 1.68. The van der Waals surface area contributed by atoms with Crippen LogP contribution in [-0.2, 0) is 11.2 Å². The summed E-state index contributed by atoms with van der Waals surface area (Å²) in [6.45, 7) is 7.91. The van der Waals surface area contributed by atoms with Gasteiger partial charge in [0.2, 0.25) is 5.91 Å². The monoisotopic (exact) mass is 348 g/mol. The molecule has 1 aromatic rings. The quantitative estimate of drug-likeness (QED) is 0.548. The fourth-order valence-corrected chi connectivity index (χ4v) is 2.42. The average molecular weight is 348 g/mol. The molecule has 0 unspecified atom stereocenters. The largest absolute Gasteiger partial charge is 0.486 e. The van der Waals surface area contributed by atoms with Crippen LogP contribution in [0, 0.1) is 0 Å². The lowest BCUT2D eigenvalue weighted by Crippen LogP contribution is -2.48. The smallest absolute Gasteiger partial charge is 0.239 e. The van der Waals surface area contributed by atoms with Crippen LogP contribution in [0.1, 0.15) is 26.3 Å². The highest BCUT2D eigenvalue weighted by atomic mass is 16.6. The van der Waals surface area contributed by atoms with Gasteiger partial charge >= 0.3 is 0 Å². The highest BCUT2D eigenvalue weighted by Crippen LogP contribution is 2.30. The van der Waals surface area contributed by atoms with Crippen molar-refractivity contribution in [1.29, 1.82) is 0 Å². The number of hydrogen-bond donors (Lipinski definition) is 3. The molecule has 1 aliphatic rings. The van der Waals surface area contributed by atoms with Gasteiger partial charge in [-0.2, -0.15) is 0 Å². The number of fused-ring (bicyclic) bond motifs is 1. The number of hydrogen-bond acceptors (Lipinski definition) is 4. The maximum absolute atomic E-state index is 11.8.